The molecule has 0 aliphatic rings. The quantitative estimate of drug-likeness (QED) is 0.229. The summed E-state index contributed by atoms with van der Waals surface area (Å²) in [4.78, 5) is 0. The van der Waals surface area contributed by atoms with E-state index in [2.05, 4.69) is 6.58 Å². The molecule has 0 heterocycles. The molecule has 0 radical (unpaired) electrons. The minimum Gasteiger partial charge on any atom is -0.545 e. The van der Waals surface area contributed by atoms with Gasteiger partial charge in [0.1, 0.15) is 0 Å². The summed E-state index contributed by atoms with van der Waals surface area (Å²) in [6, 6.07) is 0. The van der Waals surface area contributed by atoms with Gasteiger partial charge in [0.2, 0.25) is 16.6 Å². The lowest BCUT2D eigenvalue weighted by Crippen LogP contribution is -2.54. The standard InChI is InChI=1S/C13H21F7O2Si2/c1-9(21-23(2,3)4)8-10(22-24(5,6)7)11(14,15)12(16,17)13(18,19)20/h8H,1H2,2-7H3/b10-8+. The molecule has 142 valence electrons. The summed E-state index contributed by atoms with van der Waals surface area (Å²) in [5, 5.41) is 0. The molecule has 0 aromatic heterocycles. The zero-order valence-corrected chi connectivity index (χ0v) is 16.2. The van der Waals surface area contributed by atoms with Crippen molar-refractivity contribution in [3.8, 4) is 0 Å². The summed E-state index contributed by atoms with van der Waals surface area (Å²) in [5.41, 5.74) is 0. The van der Waals surface area contributed by atoms with Crippen LogP contribution in [0, 0.1) is 0 Å². The molecular weight excluding hydrogens is 377 g/mol. The van der Waals surface area contributed by atoms with Crippen LogP contribution in [0.1, 0.15) is 0 Å². The van der Waals surface area contributed by atoms with E-state index in [1.807, 2.05) is 0 Å². The fourth-order valence-corrected chi connectivity index (χ4v) is 3.11. The minimum absolute atomic E-state index is 0.316. The van der Waals surface area contributed by atoms with Crippen molar-refractivity contribution in [1.82, 2.24) is 0 Å². The van der Waals surface area contributed by atoms with Crippen LogP contribution in [0.3, 0.4) is 0 Å². The third-order valence-corrected chi connectivity index (χ3v) is 3.91. The first-order chi connectivity index (χ1) is 10.2. The van der Waals surface area contributed by atoms with Crippen molar-refractivity contribution >= 4 is 16.6 Å². The highest BCUT2D eigenvalue weighted by Gasteiger charge is 2.75. The normalized spacial score (nSPS) is 15.3. The molecule has 24 heavy (non-hydrogen) atoms. The molecule has 0 aliphatic carbocycles. The topological polar surface area (TPSA) is 18.5 Å². The van der Waals surface area contributed by atoms with E-state index in [0.29, 0.717) is 6.08 Å². The highest BCUT2D eigenvalue weighted by molar-refractivity contribution is 6.70. The third kappa shape index (κ3) is 6.15. The minimum atomic E-state index is -6.45. The second kappa shape index (κ2) is 6.73. The van der Waals surface area contributed by atoms with E-state index in [0.717, 1.165) is 0 Å². The van der Waals surface area contributed by atoms with E-state index in [1.54, 1.807) is 19.6 Å². The molecule has 0 bridgehead atoms. The Morgan fingerprint density at radius 1 is 0.792 bits per heavy atom. The number of alkyl halides is 7. The van der Waals surface area contributed by atoms with Crippen molar-refractivity contribution in [3.63, 3.8) is 0 Å². The number of halogens is 7. The molecule has 0 unspecified atom stereocenters. The molecule has 0 aliphatic heterocycles. The Bertz CT molecular complexity index is 500. The van der Waals surface area contributed by atoms with Gasteiger partial charge in [-0.25, -0.2) is 0 Å². The molecule has 0 rings (SSSR count). The maximum absolute atomic E-state index is 14.0. The number of hydrogen-bond acceptors (Lipinski definition) is 2. The fraction of sp³-hybridized carbons (Fsp3) is 0.692. The van der Waals surface area contributed by atoms with Crippen LogP contribution in [0.15, 0.2) is 24.2 Å². The summed E-state index contributed by atoms with van der Waals surface area (Å²) < 4.78 is 102. The van der Waals surface area contributed by atoms with Crippen LogP contribution in [0.5, 0.6) is 0 Å². The van der Waals surface area contributed by atoms with Crippen molar-refractivity contribution in [2.45, 2.75) is 57.3 Å². The molecular formula is C13H21F7O2Si2. The monoisotopic (exact) mass is 398 g/mol. The molecule has 0 aromatic rings. The Morgan fingerprint density at radius 3 is 1.46 bits per heavy atom. The van der Waals surface area contributed by atoms with Gasteiger partial charge in [-0.3, -0.25) is 0 Å². The second-order valence-electron chi connectivity index (χ2n) is 7.05. The molecule has 0 atom stereocenters. The van der Waals surface area contributed by atoms with Crippen LogP contribution in [0.4, 0.5) is 30.7 Å². The zero-order chi connectivity index (χ0) is 19.8. The van der Waals surface area contributed by atoms with Gasteiger partial charge in [-0.1, -0.05) is 6.58 Å². The van der Waals surface area contributed by atoms with Gasteiger partial charge < -0.3 is 8.85 Å². The highest BCUT2D eigenvalue weighted by Crippen LogP contribution is 2.50. The van der Waals surface area contributed by atoms with Crippen LogP contribution in [-0.4, -0.2) is 34.7 Å². The summed E-state index contributed by atoms with van der Waals surface area (Å²) in [7, 11) is -5.26. The maximum Gasteiger partial charge on any atom is 0.460 e. The fourth-order valence-electron chi connectivity index (χ4n) is 1.42. The molecule has 0 aromatic carbocycles. The van der Waals surface area contributed by atoms with Crippen LogP contribution < -0.4 is 0 Å². The van der Waals surface area contributed by atoms with Gasteiger partial charge in [-0.2, -0.15) is 30.7 Å². The molecule has 0 saturated carbocycles. The predicted molar refractivity (Wildman–Crippen MR) is 82.0 cm³/mol. The van der Waals surface area contributed by atoms with Gasteiger partial charge in [-0.15, -0.1) is 0 Å². The Kier molecular flexibility index (Phi) is 6.46. The van der Waals surface area contributed by atoms with Crippen molar-refractivity contribution in [1.29, 1.82) is 0 Å². The molecule has 0 spiro atoms. The summed E-state index contributed by atoms with van der Waals surface area (Å²) >= 11 is 0. The van der Waals surface area contributed by atoms with Crippen molar-refractivity contribution in [2.75, 3.05) is 0 Å². The Balaban J connectivity index is 6.02. The second-order valence-corrected chi connectivity index (χ2v) is 15.9. The molecule has 2 nitrogen and oxygen atoms in total. The summed E-state index contributed by atoms with van der Waals surface area (Å²) in [5.74, 6) is -14.2. The lowest BCUT2D eigenvalue weighted by molar-refractivity contribution is -0.349. The van der Waals surface area contributed by atoms with E-state index in [1.165, 1.54) is 19.6 Å². The number of rotatable bonds is 7. The average molecular weight is 398 g/mol. The van der Waals surface area contributed by atoms with E-state index in [4.69, 9.17) is 8.85 Å². The van der Waals surface area contributed by atoms with E-state index < -0.39 is 46.2 Å². The molecule has 11 heteroatoms. The molecule has 0 N–H and O–H groups in total. The first kappa shape index (κ1) is 23.0. The smallest absolute Gasteiger partial charge is 0.460 e. The van der Waals surface area contributed by atoms with Crippen LogP contribution >= 0.6 is 0 Å². The number of hydrogen-bond donors (Lipinski definition) is 0. The lowest BCUT2D eigenvalue weighted by atomic mass is 10.1. The summed E-state index contributed by atoms with van der Waals surface area (Å²) in [6.07, 6.45) is -6.13. The van der Waals surface area contributed by atoms with Crippen LogP contribution in [-0.2, 0) is 8.85 Å². The molecule has 0 fully saturated rings. The van der Waals surface area contributed by atoms with E-state index in [-0.39, 0.29) is 0 Å². The first-order valence-corrected chi connectivity index (χ1v) is 13.6. The van der Waals surface area contributed by atoms with Crippen molar-refractivity contribution in [3.05, 3.63) is 24.2 Å². The first-order valence-electron chi connectivity index (χ1n) is 6.82. The van der Waals surface area contributed by atoms with Gasteiger partial charge in [0, 0.05) is 6.08 Å². The maximum atomic E-state index is 14.0. The lowest BCUT2D eigenvalue weighted by Gasteiger charge is -2.33. The average Bonchev–Trinajstić information content (AvgIpc) is 2.21. The van der Waals surface area contributed by atoms with E-state index in [9.17, 15) is 30.7 Å². The Morgan fingerprint density at radius 2 is 1.17 bits per heavy atom. The van der Waals surface area contributed by atoms with Gasteiger partial charge >= 0.3 is 18.0 Å². The van der Waals surface area contributed by atoms with E-state index >= 15 is 0 Å². The summed E-state index contributed by atoms with van der Waals surface area (Å²) in [6.45, 7) is 12.4. The zero-order valence-electron chi connectivity index (χ0n) is 14.2. The predicted octanol–water partition coefficient (Wildman–Crippen LogP) is 5.92. The van der Waals surface area contributed by atoms with Crippen molar-refractivity contribution < 1.29 is 39.6 Å². The van der Waals surface area contributed by atoms with Gasteiger partial charge in [0.25, 0.3) is 0 Å². The van der Waals surface area contributed by atoms with Gasteiger partial charge in [0.15, 0.2) is 5.76 Å². The van der Waals surface area contributed by atoms with Crippen LogP contribution in [0.25, 0.3) is 0 Å². The Labute approximate surface area is 138 Å². The third-order valence-electron chi connectivity index (χ3n) is 2.21. The van der Waals surface area contributed by atoms with Gasteiger partial charge in [0.05, 0.1) is 5.76 Å². The molecule has 0 saturated heterocycles. The van der Waals surface area contributed by atoms with Gasteiger partial charge in [-0.05, 0) is 39.3 Å². The van der Waals surface area contributed by atoms with Crippen molar-refractivity contribution in [2.24, 2.45) is 0 Å². The Hall–Kier alpha value is -0.976. The number of allylic oxidation sites excluding steroid dienone is 2. The van der Waals surface area contributed by atoms with Crippen LogP contribution in [0.2, 0.25) is 39.3 Å². The SMILES string of the molecule is C=C(/C=C(/O[Si](C)(C)C)C(F)(F)C(F)(F)C(F)(F)F)O[Si](C)(C)C. The highest BCUT2D eigenvalue weighted by atomic mass is 28.4. The molecule has 0 amide bonds. The largest absolute Gasteiger partial charge is 0.545 e.